The van der Waals surface area contributed by atoms with Gasteiger partial charge in [0, 0.05) is 32.8 Å². The highest BCUT2D eigenvalue weighted by Gasteiger charge is 2.30. The van der Waals surface area contributed by atoms with E-state index < -0.39 is 0 Å². The van der Waals surface area contributed by atoms with Crippen molar-refractivity contribution in [2.45, 2.75) is 38.3 Å². The summed E-state index contributed by atoms with van der Waals surface area (Å²) in [4.78, 5) is 26.5. The monoisotopic (exact) mass is 349 g/mol. The average Bonchev–Trinajstić information content (AvgIpc) is 3.15. The van der Waals surface area contributed by atoms with Crippen LogP contribution in [0.25, 0.3) is 0 Å². The standard InChI is InChI=1S/C18H27N3O4/c1-19-18(23)16-5-4-15(25-16)11-20-17(22)13-3-2-8-21(12-13)14-6-9-24-10-7-14/h4-5,13-14H,2-3,6-12H2,1H3,(H,19,23)(H,20,22). The Balaban J connectivity index is 1.48. The predicted octanol–water partition coefficient (Wildman–Crippen LogP) is 1.15. The molecule has 2 aliphatic heterocycles. The number of piperidine rings is 1. The van der Waals surface area contributed by atoms with E-state index in [4.69, 9.17) is 9.15 Å². The van der Waals surface area contributed by atoms with E-state index in [1.165, 1.54) is 0 Å². The van der Waals surface area contributed by atoms with Crippen LogP contribution in [0.1, 0.15) is 42.0 Å². The number of ether oxygens (including phenoxy) is 1. The van der Waals surface area contributed by atoms with Crippen LogP contribution in [0.4, 0.5) is 0 Å². The normalized spacial score (nSPS) is 22.5. The second-order valence-electron chi connectivity index (χ2n) is 6.74. The molecule has 2 saturated heterocycles. The molecule has 0 saturated carbocycles. The molecule has 1 unspecified atom stereocenters. The molecule has 1 atom stereocenters. The molecule has 2 aliphatic rings. The largest absolute Gasteiger partial charge is 0.454 e. The maximum absolute atomic E-state index is 12.5. The smallest absolute Gasteiger partial charge is 0.286 e. The van der Waals surface area contributed by atoms with E-state index in [1.54, 1.807) is 19.2 Å². The van der Waals surface area contributed by atoms with Gasteiger partial charge in [0.05, 0.1) is 12.5 Å². The number of rotatable bonds is 5. The Hall–Kier alpha value is -1.86. The number of furan rings is 1. The van der Waals surface area contributed by atoms with Crippen molar-refractivity contribution >= 4 is 11.8 Å². The molecule has 25 heavy (non-hydrogen) atoms. The summed E-state index contributed by atoms with van der Waals surface area (Å²) in [7, 11) is 1.56. The Morgan fingerprint density at radius 2 is 2.04 bits per heavy atom. The quantitative estimate of drug-likeness (QED) is 0.833. The molecule has 138 valence electrons. The third kappa shape index (κ3) is 4.61. The third-order valence-electron chi connectivity index (χ3n) is 5.08. The Morgan fingerprint density at radius 1 is 1.24 bits per heavy atom. The lowest BCUT2D eigenvalue weighted by molar-refractivity contribution is -0.127. The van der Waals surface area contributed by atoms with Crippen LogP contribution in [0, 0.1) is 5.92 Å². The predicted molar refractivity (Wildman–Crippen MR) is 92.1 cm³/mol. The zero-order valence-electron chi connectivity index (χ0n) is 14.8. The van der Waals surface area contributed by atoms with Crippen LogP contribution >= 0.6 is 0 Å². The number of carbonyl (C=O) groups excluding carboxylic acids is 2. The fourth-order valence-corrected chi connectivity index (χ4v) is 3.64. The zero-order chi connectivity index (χ0) is 17.6. The van der Waals surface area contributed by atoms with E-state index in [0.29, 0.717) is 18.3 Å². The van der Waals surface area contributed by atoms with Gasteiger partial charge >= 0.3 is 0 Å². The second-order valence-corrected chi connectivity index (χ2v) is 6.74. The van der Waals surface area contributed by atoms with Crippen LogP contribution in [0.3, 0.4) is 0 Å². The summed E-state index contributed by atoms with van der Waals surface area (Å²) in [6, 6.07) is 3.89. The molecule has 0 aromatic carbocycles. The fraction of sp³-hybridized carbons (Fsp3) is 0.667. The molecule has 2 fully saturated rings. The van der Waals surface area contributed by atoms with Crippen molar-refractivity contribution < 1.29 is 18.7 Å². The summed E-state index contributed by atoms with van der Waals surface area (Å²) in [5.74, 6) is 0.663. The summed E-state index contributed by atoms with van der Waals surface area (Å²) >= 11 is 0. The fourth-order valence-electron chi connectivity index (χ4n) is 3.64. The minimum absolute atomic E-state index is 0.0185. The minimum atomic E-state index is -0.267. The van der Waals surface area contributed by atoms with Crippen LogP contribution < -0.4 is 10.6 Å². The topological polar surface area (TPSA) is 83.8 Å². The average molecular weight is 349 g/mol. The van der Waals surface area contributed by atoms with Gasteiger partial charge in [0.15, 0.2) is 5.76 Å². The van der Waals surface area contributed by atoms with Crippen LogP contribution in [0.15, 0.2) is 16.5 Å². The Bertz CT molecular complexity index is 595. The summed E-state index contributed by atoms with van der Waals surface area (Å²) in [6.07, 6.45) is 4.09. The van der Waals surface area contributed by atoms with E-state index in [2.05, 4.69) is 15.5 Å². The number of nitrogens with one attached hydrogen (secondary N) is 2. The van der Waals surface area contributed by atoms with Crippen molar-refractivity contribution in [3.8, 4) is 0 Å². The lowest BCUT2D eigenvalue weighted by Gasteiger charge is -2.39. The molecule has 0 radical (unpaired) electrons. The van der Waals surface area contributed by atoms with Gasteiger partial charge in [0.2, 0.25) is 5.91 Å². The Labute approximate surface area is 148 Å². The lowest BCUT2D eigenvalue weighted by Crippen LogP contribution is -2.48. The molecular formula is C18H27N3O4. The van der Waals surface area contributed by atoms with Gasteiger partial charge in [0.25, 0.3) is 5.91 Å². The van der Waals surface area contributed by atoms with Crippen molar-refractivity contribution in [3.63, 3.8) is 0 Å². The molecule has 7 nitrogen and oxygen atoms in total. The van der Waals surface area contributed by atoms with Gasteiger partial charge in [-0.1, -0.05) is 0 Å². The first-order chi connectivity index (χ1) is 12.2. The maximum Gasteiger partial charge on any atom is 0.286 e. The van der Waals surface area contributed by atoms with Crippen molar-refractivity contribution in [1.29, 1.82) is 0 Å². The molecule has 1 aromatic rings. The van der Waals surface area contributed by atoms with Crippen molar-refractivity contribution in [2.24, 2.45) is 5.92 Å². The summed E-state index contributed by atoms with van der Waals surface area (Å²) < 4.78 is 10.9. The third-order valence-corrected chi connectivity index (χ3v) is 5.08. The van der Waals surface area contributed by atoms with E-state index in [9.17, 15) is 9.59 Å². The van der Waals surface area contributed by atoms with Crippen LogP contribution in [0.2, 0.25) is 0 Å². The van der Waals surface area contributed by atoms with Crippen LogP contribution in [0.5, 0.6) is 0 Å². The number of likely N-dealkylation sites (tertiary alicyclic amines) is 1. The molecule has 0 aliphatic carbocycles. The van der Waals surface area contributed by atoms with Crippen molar-refractivity contribution in [3.05, 3.63) is 23.7 Å². The van der Waals surface area contributed by atoms with Gasteiger partial charge in [0.1, 0.15) is 5.76 Å². The summed E-state index contributed by atoms with van der Waals surface area (Å²) in [5.41, 5.74) is 0. The highest BCUT2D eigenvalue weighted by Crippen LogP contribution is 2.23. The maximum atomic E-state index is 12.5. The number of carbonyl (C=O) groups is 2. The minimum Gasteiger partial charge on any atom is -0.454 e. The first-order valence-electron chi connectivity index (χ1n) is 9.07. The molecule has 0 spiro atoms. The summed E-state index contributed by atoms with van der Waals surface area (Å²) in [5, 5.41) is 5.46. The van der Waals surface area contributed by atoms with E-state index in [1.807, 2.05) is 0 Å². The second kappa shape index (κ2) is 8.49. The SMILES string of the molecule is CNC(=O)c1ccc(CNC(=O)C2CCCN(C3CCOCC3)C2)o1. The molecule has 3 heterocycles. The molecular weight excluding hydrogens is 322 g/mol. The highest BCUT2D eigenvalue weighted by molar-refractivity contribution is 5.91. The molecule has 2 N–H and O–H groups in total. The van der Waals surface area contributed by atoms with E-state index in [0.717, 1.165) is 52.0 Å². The van der Waals surface area contributed by atoms with Crippen molar-refractivity contribution in [2.75, 3.05) is 33.4 Å². The zero-order valence-corrected chi connectivity index (χ0v) is 14.8. The lowest BCUT2D eigenvalue weighted by atomic mass is 9.94. The highest BCUT2D eigenvalue weighted by atomic mass is 16.5. The first kappa shape index (κ1) is 17.9. The van der Waals surface area contributed by atoms with Gasteiger partial charge in [-0.3, -0.25) is 14.5 Å². The van der Waals surface area contributed by atoms with Crippen LogP contribution in [-0.4, -0.2) is 56.1 Å². The first-order valence-corrected chi connectivity index (χ1v) is 9.07. The number of hydrogen-bond acceptors (Lipinski definition) is 5. The van der Waals surface area contributed by atoms with E-state index in [-0.39, 0.29) is 23.5 Å². The Kier molecular flexibility index (Phi) is 6.09. The number of hydrogen-bond donors (Lipinski definition) is 2. The van der Waals surface area contributed by atoms with Gasteiger partial charge in [-0.15, -0.1) is 0 Å². The van der Waals surface area contributed by atoms with Gasteiger partial charge in [-0.2, -0.15) is 0 Å². The molecule has 0 bridgehead atoms. The van der Waals surface area contributed by atoms with Gasteiger partial charge in [-0.05, 0) is 44.4 Å². The van der Waals surface area contributed by atoms with Gasteiger partial charge < -0.3 is 19.8 Å². The number of nitrogens with zero attached hydrogens (tertiary/aromatic N) is 1. The Morgan fingerprint density at radius 3 is 2.80 bits per heavy atom. The van der Waals surface area contributed by atoms with Crippen LogP contribution in [-0.2, 0) is 16.1 Å². The molecule has 2 amide bonds. The summed E-state index contributed by atoms with van der Waals surface area (Å²) in [6.45, 7) is 3.85. The van der Waals surface area contributed by atoms with Gasteiger partial charge in [-0.25, -0.2) is 0 Å². The molecule has 3 rings (SSSR count). The molecule has 7 heteroatoms. The van der Waals surface area contributed by atoms with E-state index >= 15 is 0 Å². The molecule has 1 aromatic heterocycles. The number of amides is 2. The van der Waals surface area contributed by atoms with Crippen molar-refractivity contribution in [1.82, 2.24) is 15.5 Å².